The molecule has 0 aromatic heterocycles. The van der Waals surface area contributed by atoms with Gasteiger partial charge in [-0.1, -0.05) is 34.6 Å². The van der Waals surface area contributed by atoms with E-state index in [9.17, 15) is 9.18 Å². The van der Waals surface area contributed by atoms with Gasteiger partial charge in [0.2, 0.25) is 6.86 Å². The lowest BCUT2D eigenvalue weighted by molar-refractivity contribution is 0.0907. The van der Waals surface area contributed by atoms with Crippen molar-refractivity contribution >= 4 is 6.09 Å². The van der Waals surface area contributed by atoms with Crippen LogP contribution in [0.3, 0.4) is 0 Å². The second-order valence-electron chi connectivity index (χ2n) is 3.77. The molecule has 0 saturated carbocycles. The van der Waals surface area contributed by atoms with E-state index in [1.54, 1.807) is 0 Å². The molecule has 1 N–H and O–H groups in total. The van der Waals surface area contributed by atoms with Gasteiger partial charge in [0.1, 0.15) is 0 Å². The largest absolute Gasteiger partial charge is 0.418 e. The molecule has 0 rings (SSSR count). The van der Waals surface area contributed by atoms with Gasteiger partial charge in [0.25, 0.3) is 0 Å². The highest BCUT2D eigenvalue weighted by Gasteiger charge is 2.21. The average Bonchev–Trinajstić information content (AvgIpc) is 2.06. The minimum Gasteiger partial charge on any atom is -0.418 e. The van der Waals surface area contributed by atoms with Crippen molar-refractivity contribution in [2.45, 2.75) is 47.6 Å². The van der Waals surface area contributed by atoms with Crippen LogP contribution in [0.4, 0.5) is 9.18 Å². The molecule has 0 spiro atoms. The number of alkyl carbamates (subject to hydrolysis) is 1. The maximum Gasteiger partial charge on any atom is 0.409 e. The number of hydrogen-bond acceptors (Lipinski definition) is 2. The topological polar surface area (TPSA) is 38.3 Å². The fraction of sp³-hybridized carbons (Fsp3) is 0.900. The van der Waals surface area contributed by atoms with E-state index in [0.717, 1.165) is 0 Å². The lowest BCUT2D eigenvalue weighted by Crippen LogP contribution is -2.41. The Labute approximate surface area is 86.0 Å². The normalized spacial score (nSPS) is 12.2. The third kappa shape index (κ3) is 7.83. The maximum atomic E-state index is 11.5. The van der Waals surface area contributed by atoms with Gasteiger partial charge in [-0.05, 0) is 12.3 Å². The van der Waals surface area contributed by atoms with Crippen molar-refractivity contribution < 1.29 is 13.9 Å². The number of alkyl halides is 1. The molecule has 0 aliphatic carbocycles. The van der Waals surface area contributed by atoms with Gasteiger partial charge in [-0.25, -0.2) is 9.18 Å². The first kappa shape index (κ1) is 15.7. The van der Waals surface area contributed by atoms with E-state index in [2.05, 4.69) is 10.1 Å². The summed E-state index contributed by atoms with van der Waals surface area (Å²) in [5.74, 6) is 0. The zero-order valence-corrected chi connectivity index (χ0v) is 9.98. The Hall–Kier alpha value is -0.800. The first-order valence-corrected chi connectivity index (χ1v) is 4.87. The molecule has 0 fully saturated rings. The molecule has 4 heteroatoms. The lowest BCUT2D eigenvalue weighted by Gasteiger charge is -2.27. The molecule has 0 aliphatic rings. The summed E-state index contributed by atoms with van der Waals surface area (Å²) < 4.78 is 15.6. The fourth-order valence-electron chi connectivity index (χ4n) is 0.484. The second kappa shape index (κ2) is 7.59. The van der Waals surface area contributed by atoms with Crippen LogP contribution in [0.2, 0.25) is 0 Å². The van der Waals surface area contributed by atoms with E-state index in [0.29, 0.717) is 0 Å². The van der Waals surface area contributed by atoms with E-state index < -0.39 is 13.0 Å². The van der Waals surface area contributed by atoms with Crippen LogP contribution in [0.25, 0.3) is 0 Å². The predicted molar refractivity (Wildman–Crippen MR) is 55.9 cm³/mol. The molecule has 0 bridgehead atoms. The standard InChI is InChI=1S/C8H16FNO2.C2H6/c1-6(8(2,3)4)10-7(11)12-5-9;1-2/h6H,5H2,1-4H3,(H,10,11);1-2H3. The fourth-order valence-corrected chi connectivity index (χ4v) is 0.484. The van der Waals surface area contributed by atoms with Crippen molar-refractivity contribution in [2.75, 3.05) is 6.86 Å². The summed E-state index contributed by atoms with van der Waals surface area (Å²) in [5.41, 5.74) is -0.0463. The first-order valence-electron chi connectivity index (χ1n) is 4.87. The van der Waals surface area contributed by atoms with Gasteiger partial charge in [0.05, 0.1) is 0 Å². The molecule has 1 atom stereocenters. The molecular weight excluding hydrogens is 185 g/mol. The molecule has 1 unspecified atom stereocenters. The summed E-state index contributed by atoms with van der Waals surface area (Å²) in [6.07, 6.45) is -0.708. The predicted octanol–water partition coefficient (Wildman–Crippen LogP) is 3.10. The van der Waals surface area contributed by atoms with Gasteiger partial charge in [-0.15, -0.1) is 0 Å². The van der Waals surface area contributed by atoms with Crippen LogP contribution in [0.15, 0.2) is 0 Å². The summed E-state index contributed by atoms with van der Waals surface area (Å²) in [6.45, 7) is 10.7. The van der Waals surface area contributed by atoms with Crippen molar-refractivity contribution in [1.29, 1.82) is 0 Å². The van der Waals surface area contributed by atoms with E-state index >= 15 is 0 Å². The smallest absolute Gasteiger partial charge is 0.409 e. The highest BCUT2D eigenvalue weighted by Crippen LogP contribution is 2.18. The van der Waals surface area contributed by atoms with E-state index in [1.807, 2.05) is 41.5 Å². The van der Waals surface area contributed by atoms with E-state index in [4.69, 9.17) is 0 Å². The Morgan fingerprint density at radius 2 is 1.86 bits per heavy atom. The lowest BCUT2D eigenvalue weighted by atomic mass is 9.88. The number of carbonyl (C=O) groups excluding carboxylic acids is 1. The van der Waals surface area contributed by atoms with Gasteiger partial charge in [-0.3, -0.25) is 0 Å². The molecule has 0 aromatic rings. The van der Waals surface area contributed by atoms with Crippen LogP contribution in [0.5, 0.6) is 0 Å². The van der Waals surface area contributed by atoms with Crippen LogP contribution in [0.1, 0.15) is 41.5 Å². The third-order valence-electron chi connectivity index (χ3n) is 1.82. The van der Waals surface area contributed by atoms with Crippen molar-refractivity contribution in [1.82, 2.24) is 5.32 Å². The third-order valence-corrected chi connectivity index (χ3v) is 1.82. The molecule has 14 heavy (non-hydrogen) atoms. The summed E-state index contributed by atoms with van der Waals surface area (Å²) in [6, 6.07) is -0.0449. The van der Waals surface area contributed by atoms with Crippen LogP contribution in [-0.2, 0) is 4.74 Å². The minimum atomic E-state index is -1.08. The molecule has 0 aromatic carbocycles. The summed E-state index contributed by atoms with van der Waals surface area (Å²) in [4.78, 5) is 10.7. The molecular formula is C10H22FNO2. The van der Waals surface area contributed by atoms with Crippen molar-refractivity contribution in [3.63, 3.8) is 0 Å². The molecule has 0 aliphatic heterocycles. The number of hydrogen-bond donors (Lipinski definition) is 1. The molecule has 3 nitrogen and oxygen atoms in total. The Bertz CT molecular complexity index is 155. The van der Waals surface area contributed by atoms with Crippen LogP contribution in [0, 0.1) is 5.41 Å². The van der Waals surface area contributed by atoms with Crippen LogP contribution >= 0.6 is 0 Å². The first-order chi connectivity index (χ1) is 6.38. The Morgan fingerprint density at radius 3 is 2.14 bits per heavy atom. The Balaban J connectivity index is 0. The number of carbonyl (C=O) groups is 1. The highest BCUT2D eigenvalue weighted by atomic mass is 19.1. The molecule has 0 radical (unpaired) electrons. The number of ether oxygens (including phenoxy) is 1. The molecule has 86 valence electrons. The van der Waals surface area contributed by atoms with Crippen molar-refractivity contribution in [2.24, 2.45) is 5.41 Å². The van der Waals surface area contributed by atoms with Gasteiger partial charge in [0.15, 0.2) is 0 Å². The minimum absolute atomic E-state index is 0.0449. The van der Waals surface area contributed by atoms with Gasteiger partial charge >= 0.3 is 6.09 Å². The number of rotatable bonds is 2. The van der Waals surface area contributed by atoms with Gasteiger partial charge < -0.3 is 10.1 Å². The van der Waals surface area contributed by atoms with Crippen LogP contribution in [-0.4, -0.2) is 19.0 Å². The van der Waals surface area contributed by atoms with E-state index in [1.165, 1.54) is 0 Å². The monoisotopic (exact) mass is 207 g/mol. The van der Waals surface area contributed by atoms with Gasteiger partial charge in [-0.2, -0.15) is 0 Å². The molecule has 0 saturated heterocycles. The Kier molecular flexibility index (Phi) is 8.49. The highest BCUT2D eigenvalue weighted by molar-refractivity contribution is 5.67. The number of amides is 1. The molecule has 1 amide bonds. The quantitative estimate of drug-likeness (QED) is 0.755. The number of halogens is 1. The van der Waals surface area contributed by atoms with Crippen LogP contribution < -0.4 is 5.32 Å². The average molecular weight is 207 g/mol. The summed E-state index contributed by atoms with van der Waals surface area (Å²) >= 11 is 0. The number of nitrogens with one attached hydrogen (secondary N) is 1. The van der Waals surface area contributed by atoms with E-state index in [-0.39, 0.29) is 11.5 Å². The zero-order valence-electron chi connectivity index (χ0n) is 9.98. The zero-order chi connectivity index (χ0) is 11.8. The second-order valence-corrected chi connectivity index (χ2v) is 3.77. The summed E-state index contributed by atoms with van der Waals surface area (Å²) in [7, 11) is 0. The molecule has 0 heterocycles. The van der Waals surface area contributed by atoms with Gasteiger partial charge in [0, 0.05) is 6.04 Å². The van der Waals surface area contributed by atoms with Crippen molar-refractivity contribution in [3.05, 3.63) is 0 Å². The van der Waals surface area contributed by atoms with Crippen molar-refractivity contribution in [3.8, 4) is 0 Å². The SMILES string of the molecule is CC.CC(NC(=O)OCF)C(C)(C)C. The summed E-state index contributed by atoms with van der Waals surface area (Å²) in [5, 5.41) is 2.52. The Morgan fingerprint density at radius 1 is 1.43 bits per heavy atom. The maximum absolute atomic E-state index is 11.5.